The van der Waals surface area contributed by atoms with Crippen molar-refractivity contribution >= 4 is 23.6 Å². The first-order valence-electron chi connectivity index (χ1n) is 8.58. The summed E-state index contributed by atoms with van der Waals surface area (Å²) >= 11 is 1.71. The molecule has 5 nitrogen and oxygen atoms in total. The second-order valence-electron chi connectivity index (χ2n) is 5.96. The molecular weight excluding hydrogens is 348 g/mol. The Kier molecular flexibility index (Phi) is 8.02. The molecule has 26 heavy (non-hydrogen) atoms. The Bertz CT molecular complexity index is 703. The Labute approximate surface area is 158 Å². The first-order valence-corrected chi connectivity index (χ1v) is 9.57. The molecule has 0 bridgehead atoms. The van der Waals surface area contributed by atoms with Crippen LogP contribution in [-0.2, 0) is 4.79 Å². The lowest BCUT2D eigenvalue weighted by Crippen LogP contribution is -2.41. The average molecular weight is 372 g/mol. The smallest absolute Gasteiger partial charge is 0.269 e. The van der Waals surface area contributed by atoms with E-state index < -0.39 is 0 Å². The molecular formula is C20H24N2O3S. The van der Waals surface area contributed by atoms with Crippen LogP contribution in [0.5, 0.6) is 5.75 Å². The number of hydrogen-bond acceptors (Lipinski definition) is 4. The van der Waals surface area contributed by atoms with E-state index in [0.717, 1.165) is 12.2 Å². The molecule has 0 spiro atoms. The average Bonchev–Trinajstić information content (AvgIpc) is 2.64. The van der Waals surface area contributed by atoms with Crippen LogP contribution in [0.4, 0.5) is 0 Å². The highest BCUT2D eigenvalue weighted by Gasteiger charge is 2.08. The Hall–Kier alpha value is -2.47. The van der Waals surface area contributed by atoms with Crippen LogP contribution in [0.25, 0.3) is 0 Å². The number of carbonyl (C=O) groups excluding carboxylic acids is 2. The Morgan fingerprint density at radius 3 is 2.35 bits per heavy atom. The summed E-state index contributed by atoms with van der Waals surface area (Å²) in [6.07, 6.45) is 1.18. The summed E-state index contributed by atoms with van der Waals surface area (Å²) in [7, 11) is 0. The number of rotatable bonds is 8. The molecule has 0 unspecified atom stereocenters. The molecule has 138 valence electrons. The summed E-state index contributed by atoms with van der Waals surface area (Å²) in [5.41, 5.74) is 5.34. The number of thioether (sulfide) groups is 1. The van der Waals surface area contributed by atoms with Gasteiger partial charge in [-0.25, -0.2) is 0 Å². The Morgan fingerprint density at radius 1 is 1.00 bits per heavy atom. The third kappa shape index (κ3) is 7.19. The first-order chi connectivity index (χ1) is 12.5. The van der Waals surface area contributed by atoms with E-state index in [4.69, 9.17) is 4.74 Å². The molecule has 0 aromatic heterocycles. The molecule has 0 saturated carbocycles. The van der Waals surface area contributed by atoms with Crippen LogP contribution in [0.3, 0.4) is 0 Å². The van der Waals surface area contributed by atoms with Gasteiger partial charge in [0.15, 0.2) is 0 Å². The van der Waals surface area contributed by atoms with Crippen LogP contribution in [-0.4, -0.2) is 23.7 Å². The van der Waals surface area contributed by atoms with Gasteiger partial charge in [-0.2, -0.15) is 0 Å². The molecule has 2 rings (SSSR count). The molecule has 2 amide bonds. The molecule has 2 aromatic rings. The van der Waals surface area contributed by atoms with Crippen LogP contribution in [0, 0.1) is 0 Å². The fourth-order valence-electron chi connectivity index (χ4n) is 2.16. The lowest BCUT2D eigenvalue weighted by atomic mass is 10.2. The van der Waals surface area contributed by atoms with Gasteiger partial charge in [-0.15, -0.1) is 11.8 Å². The summed E-state index contributed by atoms with van der Waals surface area (Å²) in [4.78, 5) is 25.0. The maximum atomic E-state index is 12.0. The first kappa shape index (κ1) is 19.8. The van der Waals surface area contributed by atoms with E-state index in [1.807, 2.05) is 44.2 Å². The van der Waals surface area contributed by atoms with Crippen LogP contribution >= 0.6 is 11.8 Å². The number of benzene rings is 2. The van der Waals surface area contributed by atoms with Gasteiger partial charge in [-0.3, -0.25) is 20.4 Å². The minimum atomic E-state index is -0.354. The van der Waals surface area contributed by atoms with Crippen LogP contribution in [0.2, 0.25) is 0 Å². The quantitative estimate of drug-likeness (QED) is 0.420. The van der Waals surface area contributed by atoms with Crippen molar-refractivity contribution in [3.8, 4) is 5.75 Å². The van der Waals surface area contributed by atoms with Gasteiger partial charge in [0, 0.05) is 16.9 Å². The van der Waals surface area contributed by atoms with Crippen LogP contribution in [0.15, 0.2) is 59.5 Å². The van der Waals surface area contributed by atoms with Crippen molar-refractivity contribution in [1.29, 1.82) is 0 Å². The van der Waals surface area contributed by atoms with E-state index >= 15 is 0 Å². The van der Waals surface area contributed by atoms with Crippen molar-refractivity contribution in [2.75, 3.05) is 5.75 Å². The molecule has 0 radical (unpaired) electrons. The largest absolute Gasteiger partial charge is 0.491 e. The van der Waals surface area contributed by atoms with Crippen molar-refractivity contribution in [2.24, 2.45) is 0 Å². The number of hydrazine groups is 1. The van der Waals surface area contributed by atoms with E-state index in [-0.39, 0.29) is 17.9 Å². The number of amides is 2. The summed E-state index contributed by atoms with van der Waals surface area (Å²) < 4.78 is 5.53. The molecule has 0 aliphatic carbocycles. The standard InChI is InChI=1S/C20H24N2O3S/c1-15(2)25-17-12-10-16(11-13-17)20(24)22-21-19(23)9-6-14-26-18-7-4-3-5-8-18/h3-5,7-8,10-13,15H,6,9,14H2,1-2H3,(H,21,23)(H,22,24). The molecule has 0 atom stereocenters. The van der Waals surface area contributed by atoms with E-state index in [0.29, 0.717) is 17.7 Å². The minimum Gasteiger partial charge on any atom is -0.491 e. The van der Waals surface area contributed by atoms with Crippen molar-refractivity contribution in [3.05, 3.63) is 60.2 Å². The van der Waals surface area contributed by atoms with E-state index in [1.165, 1.54) is 4.90 Å². The minimum absolute atomic E-state index is 0.0778. The van der Waals surface area contributed by atoms with Gasteiger partial charge in [-0.1, -0.05) is 18.2 Å². The summed E-state index contributed by atoms with van der Waals surface area (Å²) in [6, 6.07) is 16.8. The molecule has 0 aliphatic heterocycles. The zero-order chi connectivity index (χ0) is 18.8. The van der Waals surface area contributed by atoms with Gasteiger partial charge < -0.3 is 4.74 Å². The monoisotopic (exact) mass is 372 g/mol. The van der Waals surface area contributed by atoms with Gasteiger partial charge >= 0.3 is 0 Å². The predicted molar refractivity (Wildman–Crippen MR) is 104 cm³/mol. The van der Waals surface area contributed by atoms with Gasteiger partial charge in [0.05, 0.1) is 6.10 Å². The Balaban J connectivity index is 1.65. The SMILES string of the molecule is CC(C)Oc1ccc(C(=O)NNC(=O)CCCSc2ccccc2)cc1. The second kappa shape index (κ2) is 10.5. The molecule has 2 N–H and O–H groups in total. The van der Waals surface area contributed by atoms with Gasteiger partial charge in [0.2, 0.25) is 5.91 Å². The van der Waals surface area contributed by atoms with Gasteiger partial charge in [0.1, 0.15) is 5.75 Å². The normalized spacial score (nSPS) is 10.4. The van der Waals surface area contributed by atoms with Crippen molar-refractivity contribution in [1.82, 2.24) is 10.9 Å². The van der Waals surface area contributed by atoms with Gasteiger partial charge in [-0.05, 0) is 62.4 Å². The Morgan fingerprint density at radius 2 is 1.69 bits per heavy atom. The number of ether oxygens (including phenoxy) is 1. The molecule has 0 heterocycles. The zero-order valence-corrected chi connectivity index (χ0v) is 15.8. The number of nitrogens with one attached hydrogen (secondary N) is 2. The zero-order valence-electron chi connectivity index (χ0n) is 15.0. The molecule has 0 saturated heterocycles. The van der Waals surface area contributed by atoms with E-state index in [2.05, 4.69) is 10.9 Å². The molecule has 0 aliphatic rings. The van der Waals surface area contributed by atoms with Crippen molar-refractivity contribution in [3.63, 3.8) is 0 Å². The summed E-state index contributed by atoms with van der Waals surface area (Å²) in [5, 5.41) is 0. The van der Waals surface area contributed by atoms with Crippen LogP contribution < -0.4 is 15.6 Å². The highest BCUT2D eigenvalue weighted by Crippen LogP contribution is 2.18. The number of hydrogen-bond donors (Lipinski definition) is 2. The topological polar surface area (TPSA) is 67.4 Å². The highest BCUT2D eigenvalue weighted by atomic mass is 32.2. The highest BCUT2D eigenvalue weighted by molar-refractivity contribution is 7.99. The third-order valence-corrected chi connectivity index (χ3v) is 4.46. The fourth-order valence-corrected chi connectivity index (χ4v) is 3.03. The van der Waals surface area contributed by atoms with Crippen molar-refractivity contribution < 1.29 is 14.3 Å². The maximum absolute atomic E-state index is 12.0. The molecule has 2 aromatic carbocycles. The number of carbonyl (C=O) groups is 2. The summed E-state index contributed by atoms with van der Waals surface area (Å²) in [5.74, 6) is 0.999. The molecule has 6 heteroatoms. The summed E-state index contributed by atoms with van der Waals surface area (Å²) in [6.45, 7) is 3.88. The lowest BCUT2D eigenvalue weighted by Gasteiger charge is -2.10. The van der Waals surface area contributed by atoms with E-state index in [1.54, 1.807) is 36.0 Å². The predicted octanol–water partition coefficient (Wildman–Crippen LogP) is 3.81. The van der Waals surface area contributed by atoms with Crippen molar-refractivity contribution in [2.45, 2.75) is 37.7 Å². The van der Waals surface area contributed by atoms with E-state index in [9.17, 15) is 9.59 Å². The maximum Gasteiger partial charge on any atom is 0.269 e. The lowest BCUT2D eigenvalue weighted by molar-refractivity contribution is -0.121. The van der Waals surface area contributed by atoms with Gasteiger partial charge in [0.25, 0.3) is 5.91 Å². The second-order valence-corrected chi connectivity index (χ2v) is 7.13. The van der Waals surface area contributed by atoms with Crippen LogP contribution in [0.1, 0.15) is 37.0 Å². The molecule has 0 fully saturated rings. The third-order valence-electron chi connectivity index (χ3n) is 3.36. The fraction of sp³-hybridized carbons (Fsp3) is 0.300.